The Bertz CT molecular complexity index is 723. The number of anilines is 1. The van der Waals surface area contributed by atoms with Gasteiger partial charge in [0.05, 0.1) is 11.3 Å². The van der Waals surface area contributed by atoms with Crippen LogP contribution in [0.15, 0.2) is 40.0 Å². The smallest absolute Gasteiger partial charge is 0.267 e. The van der Waals surface area contributed by atoms with E-state index >= 15 is 0 Å². The van der Waals surface area contributed by atoms with Gasteiger partial charge >= 0.3 is 0 Å². The summed E-state index contributed by atoms with van der Waals surface area (Å²) in [5.74, 6) is 0.0304. The van der Waals surface area contributed by atoms with Gasteiger partial charge in [-0.2, -0.15) is 0 Å². The number of halogens is 1. The van der Waals surface area contributed by atoms with Crippen LogP contribution in [-0.4, -0.2) is 16.6 Å². The van der Waals surface area contributed by atoms with Gasteiger partial charge in [-0.3, -0.25) is 14.2 Å². The van der Waals surface area contributed by atoms with Crippen LogP contribution in [0.5, 0.6) is 0 Å². The van der Waals surface area contributed by atoms with Crippen molar-refractivity contribution in [2.45, 2.75) is 11.8 Å². The van der Waals surface area contributed by atoms with Gasteiger partial charge in [-0.15, -0.1) is 11.8 Å². The fraction of sp³-hybridized carbons (Fsp3) is 0.143. The number of carbonyl (C=O) groups excluding carboxylic acids is 1. The largest absolute Gasteiger partial charge is 0.384 e. The minimum absolute atomic E-state index is 0.124. The first-order valence-electron chi connectivity index (χ1n) is 5.82. The number of hydrogen-bond acceptors (Lipinski definition) is 4. The van der Waals surface area contributed by atoms with Gasteiger partial charge in [0.1, 0.15) is 5.82 Å². The molecule has 0 saturated carbocycles. The van der Waals surface area contributed by atoms with E-state index in [1.54, 1.807) is 24.3 Å². The summed E-state index contributed by atoms with van der Waals surface area (Å²) >= 11 is 7.23. The number of benzene rings is 1. The second-order valence-corrected chi connectivity index (χ2v) is 5.47. The molecule has 104 valence electrons. The number of thioether (sulfide) groups is 1. The monoisotopic (exact) mass is 308 g/mol. The molecule has 4 nitrogen and oxygen atoms in total. The van der Waals surface area contributed by atoms with Crippen molar-refractivity contribution in [3.8, 4) is 5.69 Å². The summed E-state index contributed by atoms with van der Waals surface area (Å²) < 4.78 is 1.33. The molecule has 1 aromatic carbocycles. The number of pyridine rings is 1. The van der Waals surface area contributed by atoms with Gasteiger partial charge < -0.3 is 5.73 Å². The maximum atomic E-state index is 12.4. The lowest BCUT2D eigenvalue weighted by Gasteiger charge is -2.14. The van der Waals surface area contributed by atoms with Gasteiger partial charge in [0, 0.05) is 9.92 Å². The Morgan fingerprint density at radius 2 is 1.90 bits per heavy atom. The van der Waals surface area contributed by atoms with E-state index in [1.165, 1.54) is 29.3 Å². The number of nitrogens with two attached hydrogens (primary N) is 1. The highest BCUT2D eigenvalue weighted by Crippen LogP contribution is 2.25. The topological polar surface area (TPSA) is 65.1 Å². The lowest BCUT2D eigenvalue weighted by molar-refractivity contribution is 0.101. The van der Waals surface area contributed by atoms with Crippen LogP contribution in [0.2, 0.25) is 5.02 Å². The van der Waals surface area contributed by atoms with Crippen molar-refractivity contribution >= 4 is 35.0 Å². The van der Waals surface area contributed by atoms with E-state index in [1.807, 2.05) is 6.26 Å². The van der Waals surface area contributed by atoms with Crippen LogP contribution in [0.1, 0.15) is 17.3 Å². The number of rotatable bonds is 3. The molecule has 0 fully saturated rings. The van der Waals surface area contributed by atoms with Crippen molar-refractivity contribution < 1.29 is 4.79 Å². The molecular formula is C14H13ClN2O2S. The molecule has 0 unspecified atom stereocenters. The molecule has 2 N–H and O–H groups in total. The van der Waals surface area contributed by atoms with E-state index in [0.29, 0.717) is 21.4 Å². The van der Waals surface area contributed by atoms with E-state index in [2.05, 4.69) is 0 Å². The summed E-state index contributed by atoms with van der Waals surface area (Å²) in [7, 11) is 0. The SMILES string of the molecule is CSc1cc(C(C)=O)c(=O)n(-c2ccc(Cl)cc2)c1N. The molecule has 6 heteroatoms. The summed E-state index contributed by atoms with van der Waals surface area (Å²) in [5.41, 5.74) is 6.31. The van der Waals surface area contributed by atoms with Crippen LogP contribution in [0.25, 0.3) is 5.69 Å². The number of nitrogens with zero attached hydrogens (tertiary/aromatic N) is 1. The lowest BCUT2D eigenvalue weighted by Crippen LogP contribution is -2.27. The quantitative estimate of drug-likeness (QED) is 0.699. The molecule has 0 radical (unpaired) electrons. The minimum Gasteiger partial charge on any atom is -0.384 e. The van der Waals surface area contributed by atoms with E-state index < -0.39 is 5.56 Å². The van der Waals surface area contributed by atoms with Gasteiger partial charge in [0.2, 0.25) is 0 Å². The average Bonchev–Trinajstić information content (AvgIpc) is 2.41. The molecule has 0 aliphatic rings. The summed E-state index contributed by atoms with van der Waals surface area (Å²) in [6.07, 6.45) is 1.84. The van der Waals surface area contributed by atoms with Crippen molar-refractivity contribution in [3.05, 3.63) is 51.3 Å². The Balaban J connectivity index is 2.80. The molecule has 0 atom stereocenters. The summed E-state index contributed by atoms with van der Waals surface area (Å²) in [4.78, 5) is 24.7. The zero-order valence-electron chi connectivity index (χ0n) is 11.0. The highest BCUT2D eigenvalue weighted by molar-refractivity contribution is 7.98. The summed E-state index contributed by atoms with van der Waals surface area (Å²) in [6.45, 7) is 1.36. The Hall–Kier alpha value is -1.72. The molecule has 0 bridgehead atoms. The molecule has 0 aliphatic carbocycles. The normalized spacial score (nSPS) is 10.6. The predicted molar refractivity (Wildman–Crippen MR) is 83.2 cm³/mol. The fourth-order valence-electron chi connectivity index (χ4n) is 1.87. The molecule has 2 rings (SSSR count). The molecule has 1 aromatic heterocycles. The number of carbonyl (C=O) groups is 1. The first-order chi connectivity index (χ1) is 9.45. The highest BCUT2D eigenvalue weighted by atomic mass is 35.5. The summed E-state index contributed by atoms with van der Waals surface area (Å²) in [6, 6.07) is 8.25. The Morgan fingerprint density at radius 3 is 2.40 bits per heavy atom. The molecule has 0 amide bonds. The van der Waals surface area contributed by atoms with Gasteiger partial charge in [-0.1, -0.05) is 11.6 Å². The van der Waals surface area contributed by atoms with Gasteiger partial charge in [-0.05, 0) is 43.5 Å². The molecule has 0 aliphatic heterocycles. The maximum Gasteiger partial charge on any atom is 0.267 e. The number of ketones is 1. The average molecular weight is 309 g/mol. The van der Waals surface area contributed by atoms with Crippen LogP contribution in [0.3, 0.4) is 0 Å². The van der Waals surface area contributed by atoms with Crippen molar-refractivity contribution in [1.82, 2.24) is 4.57 Å². The van der Waals surface area contributed by atoms with E-state index in [4.69, 9.17) is 17.3 Å². The van der Waals surface area contributed by atoms with E-state index in [0.717, 1.165) is 0 Å². The molecule has 2 aromatic rings. The second kappa shape index (κ2) is 5.73. The highest BCUT2D eigenvalue weighted by Gasteiger charge is 2.16. The zero-order chi connectivity index (χ0) is 14.9. The number of Topliss-reactive ketones (excluding diaryl/α,β-unsaturated/α-hetero) is 1. The third-order valence-corrected chi connectivity index (χ3v) is 3.91. The Morgan fingerprint density at radius 1 is 1.30 bits per heavy atom. The van der Waals surface area contributed by atoms with Gasteiger partial charge in [-0.25, -0.2) is 0 Å². The number of aromatic nitrogens is 1. The fourth-order valence-corrected chi connectivity index (χ4v) is 2.53. The molecule has 0 saturated heterocycles. The van der Waals surface area contributed by atoms with Crippen LogP contribution < -0.4 is 11.3 Å². The van der Waals surface area contributed by atoms with Gasteiger partial charge in [0.15, 0.2) is 5.78 Å². The van der Waals surface area contributed by atoms with Gasteiger partial charge in [0.25, 0.3) is 5.56 Å². The Labute approximate surface area is 125 Å². The molecular weight excluding hydrogens is 296 g/mol. The van der Waals surface area contributed by atoms with Crippen LogP contribution in [0, 0.1) is 0 Å². The standard InChI is InChI=1S/C14H13ClN2O2S/c1-8(18)11-7-12(20-2)13(16)17(14(11)19)10-5-3-9(15)4-6-10/h3-7H,16H2,1-2H3. The number of hydrogen-bond donors (Lipinski definition) is 1. The first-order valence-corrected chi connectivity index (χ1v) is 7.42. The zero-order valence-corrected chi connectivity index (χ0v) is 12.6. The van der Waals surface area contributed by atoms with Crippen molar-refractivity contribution in [2.24, 2.45) is 0 Å². The summed E-state index contributed by atoms with van der Waals surface area (Å²) in [5, 5.41) is 0.563. The third kappa shape index (κ3) is 2.59. The van der Waals surface area contributed by atoms with Crippen molar-refractivity contribution in [1.29, 1.82) is 0 Å². The van der Waals surface area contributed by atoms with Crippen LogP contribution in [-0.2, 0) is 0 Å². The molecule has 1 heterocycles. The molecule has 0 spiro atoms. The Kier molecular flexibility index (Phi) is 4.20. The van der Waals surface area contributed by atoms with Crippen molar-refractivity contribution in [2.75, 3.05) is 12.0 Å². The van der Waals surface area contributed by atoms with E-state index in [-0.39, 0.29) is 11.3 Å². The number of nitrogen functional groups attached to an aromatic ring is 1. The van der Waals surface area contributed by atoms with E-state index in [9.17, 15) is 9.59 Å². The first kappa shape index (κ1) is 14.7. The lowest BCUT2D eigenvalue weighted by atomic mass is 10.2. The van der Waals surface area contributed by atoms with Crippen LogP contribution in [0.4, 0.5) is 5.82 Å². The maximum absolute atomic E-state index is 12.4. The second-order valence-electron chi connectivity index (χ2n) is 4.18. The van der Waals surface area contributed by atoms with Crippen molar-refractivity contribution in [3.63, 3.8) is 0 Å². The molecule has 20 heavy (non-hydrogen) atoms. The third-order valence-electron chi connectivity index (χ3n) is 2.89. The van der Waals surface area contributed by atoms with Crippen LogP contribution >= 0.6 is 23.4 Å². The predicted octanol–water partition coefficient (Wildman–Crippen LogP) is 3.00. The minimum atomic E-state index is -0.421.